The molecular formula is C14H12O5S. The lowest BCUT2D eigenvalue weighted by Crippen LogP contribution is -2.18. The number of hydrogen-bond donors (Lipinski definition) is 1. The highest BCUT2D eigenvalue weighted by Crippen LogP contribution is 2.22. The number of thiophene rings is 1. The molecule has 1 heterocycles. The van der Waals surface area contributed by atoms with Crippen molar-refractivity contribution in [3.63, 3.8) is 0 Å². The van der Waals surface area contributed by atoms with Gasteiger partial charge in [-0.25, -0.2) is 0 Å². The number of ketones is 1. The Morgan fingerprint density at radius 1 is 1.40 bits per heavy atom. The van der Waals surface area contributed by atoms with Gasteiger partial charge in [-0.15, -0.1) is 0 Å². The third-order valence-electron chi connectivity index (χ3n) is 2.68. The van der Waals surface area contributed by atoms with Crippen LogP contribution in [-0.4, -0.2) is 28.9 Å². The molecule has 1 aromatic rings. The first kappa shape index (κ1) is 14.2. The van der Waals surface area contributed by atoms with Crippen LogP contribution in [0.15, 0.2) is 34.6 Å². The summed E-state index contributed by atoms with van der Waals surface area (Å²) in [5.74, 6) is -1.89. The molecular weight excluding hydrogens is 280 g/mol. The van der Waals surface area contributed by atoms with Gasteiger partial charge in [0.1, 0.15) is 6.10 Å². The molecule has 104 valence electrons. The van der Waals surface area contributed by atoms with E-state index in [4.69, 9.17) is 9.84 Å². The molecule has 1 N–H and O–H groups in total. The largest absolute Gasteiger partial charge is 0.481 e. The summed E-state index contributed by atoms with van der Waals surface area (Å²) in [4.78, 5) is 33.6. The summed E-state index contributed by atoms with van der Waals surface area (Å²) in [7, 11) is 0. The van der Waals surface area contributed by atoms with Crippen molar-refractivity contribution < 1.29 is 24.2 Å². The molecule has 0 aromatic carbocycles. The van der Waals surface area contributed by atoms with E-state index in [0.717, 1.165) is 5.56 Å². The van der Waals surface area contributed by atoms with E-state index in [1.165, 1.54) is 23.5 Å². The zero-order valence-corrected chi connectivity index (χ0v) is 11.3. The van der Waals surface area contributed by atoms with E-state index in [-0.39, 0.29) is 18.6 Å². The highest BCUT2D eigenvalue weighted by Gasteiger charge is 2.26. The predicted molar refractivity (Wildman–Crippen MR) is 73.2 cm³/mol. The molecule has 0 saturated heterocycles. The highest BCUT2D eigenvalue weighted by atomic mass is 32.1. The number of esters is 1. The van der Waals surface area contributed by atoms with Gasteiger partial charge in [-0.3, -0.25) is 14.4 Å². The number of rotatable bonds is 5. The zero-order valence-electron chi connectivity index (χ0n) is 10.4. The highest BCUT2D eigenvalue weighted by molar-refractivity contribution is 7.08. The molecule has 0 radical (unpaired) electrons. The average Bonchev–Trinajstić information content (AvgIpc) is 3.01. The molecule has 0 amide bonds. The third kappa shape index (κ3) is 3.64. The minimum absolute atomic E-state index is 0.202. The van der Waals surface area contributed by atoms with E-state index < -0.39 is 18.0 Å². The van der Waals surface area contributed by atoms with E-state index in [0.29, 0.717) is 5.57 Å². The second kappa shape index (κ2) is 6.29. The number of allylic oxidation sites excluding steroid dienone is 1. The Hall–Kier alpha value is -2.21. The third-order valence-corrected chi connectivity index (χ3v) is 3.38. The van der Waals surface area contributed by atoms with Crippen LogP contribution in [0, 0.1) is 0 Å². The predicted octanol–water partition coefficient (Wildman–Crippen LogP) is 2.05. The van der Waals surface area contributed by atoms with Crippen molar-refractivity contribution in [1.82, 2.24) is 0 Å². The van der Waals surface area contributed by atoms with Crippen LogP contribution < -0.4 is 0 Å². The summed E-state index contributed by atoms with van der Waals surface area (Å²) in [6.07, 6.45) is 3.30. The fourth-order valence-corrected chi connectivity index (χ4v) is 2.34. The van der Waals surface area contributed by atoms with Gasteiger partial charge in [-0.1, -0.05) is 0 Å². The van der Waals surface area contributed by atoms with Crippen molar-refractivity contribution in [2.24, 2.45) is 0 Å². The van der Waals surface area contributed by atoms with Crippen molar-refractivity contribution in [3.8, 4) is 0 Å². The fourth-order valence-electron chi connectivity index (χ4n) is 1.72. The molecule has 0 fully saturated rings. The number of carbonyl (C=O) groups excluding carboxylic acids is 2. The Kier molecular flexibility index (Phi) is 4.47. The molecule has 20 heavy (non-hydrogen) atoms. The summed E-state index contributed by atoms with van der Waals surface area (Å²) in [6, 6.07) is 1.85. The van der Waals surface area contributed by atoms with Gasteiger partial charge in [0.2, 0.25) is 0 Å². The minimum Gasteiger partial charge on any atom is -0.481 e. The van der Waals surface area contributed by atoms with Crippen molar-refractivity contribution in [1.29, 1.82) is 0 Å². The SMILES string of the molecule is O=C(O)CCC(=O)OC1C=CC(=O)/C1=C\c1ccsc1. The first-order valence-corrected chi connectivity index (χ1v) is 6.88. The van der Waals surface area contributed by atoms with Crippen LogP contribution in [0.3, 0.4) is 0 Å². The van der Waals surface area contributed by atoms with Gasteiger partial charge in [-0.2, -0.15) is 11.3 Å². The number of carbonyl (C=O) groups is 3. The molecule has 6 heteroatoms. The normalized spacial score (nSPS) is 19.5. The van der Waals surface area contributed by atoms with E-state index in [1.54, 1.807) is 6.08 Å². The van der Waals surface area contributed by atoms with Gasteiger partial charge in [0, 0.05) is 5.57 Å². The number of carboxylic acids is 1. The van der Waals surface area contributed by atoms with Crippen LogP contribution in [0.5, 0.6) is 0 Å². The molecule has 1 aliphatic rings. The Labute approximate surface area is 119 Å². The van der Waals surface area contributed by atoms with E-state index in [9.17, 15) is 14.4 Å². The molecule has 0 spiro atoms. The van der Waals surface area contributed by atoms with Gasteiger partial charge < -0.3 is 9.84 Å². The summed E-state index contributed by atoms with van der Waals surface area (Å²) < 4.78 is 5.12. The summed E-state index contributed by atoms with van der Waals surface area (Å²) >= 11 is 1.50. The monoisotopic (exact) mass is 292 g/mol. The maximum Gasteiger partial charge on any atom is 0.307 e. The maximum absolute atomic E-state index is 11.7. The van der Waals surface area contributed by atoms with Crippen LogP contribution in [0.4, 0.5) is 0 Å². The van der Waals surface area contributed by atoms with E-state index in [2.05, 4.69) is 0 Å². The Morgan fingerprint density at radius 2 is 2.20 bits per heavy atom. The van der Waals surface area contributed by atoms with Crippen molar-refractivity contribution in [2.75, 3.05) is 0 Å². The second-order valence-corrected chi connectivity index (χ2v) is 4.96. The van der Waals surface area contributed by atoms with Gasteiger partial charge in [0.25, 0.3) is 0 Å². The van der Waals surface area contributed by atoms with E-state index >= 15 is 0 Å². The topological polar surface area (TPSA) is 80.7 Å². The molecule has 1 unspecified atom stereocenters. The zero-order chi connectivity index (χ0) is 14.5. The van der Waals surface area contributed by atoms with Crippen LogP contribution in [-0.2, 0) is 19.1 Å². The number of carboxylic acid groups (broad SMARTS) is 1. The molecule has 0 bridgehead atoms. The molecule has 1 aliphatic carbocycles. The molecule has 1 atom stereocenters. The van der Waals surface area contributed by atoms with Crippen LogP contribution in [0.2, 0.25) is 0 Å². The smallest absolute Gasteiger partial charge is 0.307 e. The lowest BCUT2D eigenvalue weighted by atomic mass is 10.1. The lowest BCUT2D eigenvalue weighted by Gasteiger charge is -2.11. The number of ether oxygens (including phenoxy) is 1. The molecule has 5 nitrogen and oxygen atoms in total. The van der Waals surface area contributed by atoms with Gasteiger partial charge in [0.15, 0.2) is 5.78 Å². The quantitative estimate of drug-likeness (QED) is 0.663. The first-order chi connectivity index (χ1) is 9.56. The number of aliphatic carboxylic acids is 1. The van der Waals surface area contributed by atoms with Gasteiger partial charge >= 0.3 is 11.9 Å². The lowest BCUT2D eigenvalue weighted by molar-refractivity contribution is -0.149. The first-order valence-electron chi connectivity index (χ1n) is 5.94. The summed E-state index contributed by atoms with van der Waals surface area (Å²) in [5, 5.41) is 12.3. The molecule has 0 aliphatic heterocycles. The van der Waals surface area contributed by atoms with Crippen molar-refractivity contribution in [2.45, 2.75) is 18.9 Å². The second-order valence-electron chi connectivity index (χ2n) is 4.18. The summed E-state index contributed by atoms with van der Waals surface area (Å²) in [5.41, 5.74) is 1.25. The molecule has 0 saturated carbocycles. The molecule has 2 rings (SSSR count). The minimum atomic E-state index is -1.06. The Morgan fingerprint density at radius 3 is 2.85 bits per heavy atom. The average molecular weight is 292 g/mol. The maximum atomic E-state index is 11.7. The van der Waals surface area contributed by atoms with E-state index in [1.807, 2.05) is 16.8 Å². The van der Waals surface area contributed by atoms with Crippen LogP contribution >= 0.6 is 11.3 Å². The van der Waals surface area contributed by atoms with Crippen LogP contribution in [0.1, 0.15) is 18.4 Å². The van der Waals surface area contributed by atoms with Gasteiger partial charge in [-0.05, 0) is 40.6 Å². The van der Waals surface area contributed by atoms with Crippen LogP contribution in [0.25, 0.3) is 6.08 Å². The summed E-state index contributed by atoms with van der Waals surface area (Å²) in [6.45, 7) is 0. The molecule has 1 aromatic heterocycles. The van der Waals surface area contributed by atoms with Gasteiger partial charge in [0.05, 0.1) is 12.8 Å². The Bertz CT molecular complexity index is 583. The fraction of sp³-hybridized carbons (Fsp3) is 0.214. The standard InChI is InChI=1S/C14H12O5S/c15-11-1-2-12(19-14(18)4-3-13(16)17)10(11)7-9-5-6-20-8-9/h1-2,5-8,12H,3-4H2,(H,16,17)/b10-7+. The van der Waals surface area contributed by atoms with Crippen molar-refractivity contribution in [3.05, 3.63) is 40.1 Å². The number of hydrogen-bond acceptors (Lipinski definition) is 5. The van der Waals surface area contributed by atoms with Crippen molar-refractivity contribution >= 4 is 35.1 Å². The Balaban J connectivity index is 2.03.